The standard InChI is InChI=1S/C14H13NOS/c1-10(11-5-3-2-4-6-11)15-7-12-8-17-9-13(12)14(15)16/h2-6,8-10H,7H2,1H3. The van der Waals surface area contributed by atoms with Crippen LogP contribution in [0.1, 0.15) is 34.5 Å². The molecule has 0 bridgehead atoms. The van der Waals surface area contributed by atoms with E-state index in [1.807, 2.05) is 28.5 Å². The molecule has 0 saturated carbocycles. The number of thiophene rings is 1. The van der Waals surface area contributed by atoms with E-state index in [1.54, 1.807) is 11.3 Å². The molecule has 86 valence electrons. The highest BCUT2D eigenvalue weighted by Crippen LogP contribution is 2.32. The smallest absolute Gasteiger partial charge is 0.255 e. The third kappa shape index (κ3) is 1.67. The van der Waals surface area contributed by atoms with Gasteiger partial charge in [-0.1, -0.05) is 30.3 Å². The van der Waals surface area contributed by atoms with Crippen LogP contribution in [0, 0.1) is 0 Å². The van der Waals surface area contributed by atoms with Gasteiger partial charge in [0, 0.05) is 11.9 Å². The normalized spacial score (nSPS) is 16.1. The Hall–Kier alpha value is -1.61. The molecule has 0 fully saturated rings. The molecule has 0 saturated heterocycles. The molecule has 1 aliphatic heterocycles. The molecular formula is C14H13NOS. The summed E-state index contributed by atoms with van der Waals surface area (Å²) in [6, 6.07) is 10.3. The van der Waals surface area contributed by atoms with Crippen LogP contribution in [0.15, 0.2) is 41.1 Å². The van der Waals surface area contributed by atoms with E-state index < -0.39 is 0 Å². The Labute approximate surface area is 105 Å². The molecular weight excluding hydrogens is 230 g/mol. The van der Waals surface area contributed by atoms with Gasteiger partial charge in [0.05, 0.1) is 11.6 Å². The molecule has 3 rings (SSSR count). The molecule has 1 unspecified atom stereocenters. The van der Waals surface area contributed by atoms with Crippen LogP contribution in [0.25, 0.3) is 0 Å². The fourth-order valence-electron chi connectivity index (χ4n) is 2.27. The molecule has 17 heavy (non-hydrogen) atoms. The van der Waals surface area contributed by atoms with Crippen molar-refractivity contribution in [3.05, 3.63) is 57.8 Å². The van der Waals surface area contributed by atoms with E-state index in [0.29, 0.717) is 0 Å². The highest BCUT2D eigenvalue weighted by Gasteiger charge is 2.31. The minimum atomic E-state index is 0.140. The Bertz CT molecular complexity index is 546. The van der Waals surface area contributed by atoms with Gasteiger partial charge >= 0.3 is 0 Å². The predicted octanol–water partition coefficient (Wildman–Crippen LogP) is 3.47. The average Bonchev–Trinajstić information content (AvgIpc) is 2.93. The molecule has 0 N–H and O–H groups in total. The minimum Gasteiger partial charge on any atom is -0.327 e. The third-order valence-corrected chi connectivity index (χ3v) is 4.12. The van der Waals surface area contributed by atoms with Crippen LogP contribution in [-0.2, 0) is 6.54 Å². The van der Waals surface area contributed by atoms with E-state index in [2.05, 4.69) is 24.4 Å². The molecule has 1 amide bonds. The van der Waals surface area contributed by atoms with Gasteiger partial charge in [0.15, 0.2) is 0 Å². The van der Waals surface area contributed by atoms with Crippen molar-refractivity contribution in [2.75, 3.05) is 0 Å². The van der Waals surface area contributed by atoms with E-state index in [0.717, 1.165) is 12.1 Å². The summed E-state index contributed by atoms with van der Waals surface area (Å²) in [5, 5.41) is 4.03. The molecule has 1 aromatic heterocycles. The highest BCUT2D eigenvalue weighted by molar-refractivity contribution is 7.08. The Morgan fingerprint density at radius 2 is 2.00 bits per heavy atom. The van der Waals surface area contributed by atoms with Gasteiger partial charge in [-0.3, -0.25) is 4.79 Å². The summed E-state index contributed by atoms with van der Waals surface area (Å²) in [7, 11) is 0. The lowest BCUT2D eigenvalue weighted by Crippen LogP contribution is -2.27. The quantitative estimate of drug-likeness (QED) is 0.791. The maximum absolute atomic E-state index is 12.2. The Morgan fingerprint density at radius 1 is 1.24 bits per heavy atom. The second-order valence-electron chi connectivity index (χ2n) is 4.33. The van der Waals surface area contributed by atoms with Crippen molar-refractivity contribution in [1.29, 1.82) is 0 Å². The van der Waals surface area contributed by atoms with Gasteiger partial charge in [0.2, 0.25) is 0 Å². The van der Waals surface area contributed by atoms with E-state index in [9.17, 15) is 4.79 Å². The number of fused-ring (bicyclic) bond motifs is 1. The van der Waals surface area contributed by atoms with Crippen molar-refractivity contribution in [3.8, 4) is 0 Å². The molecule has 1 aromatic carbocycles. The van der Waals surface area contributed by atoms with Crippen molar-refractivity contribution < 1.29 is 4.79 Å². The van der Waals surface area contributed by atoms with Crippen LogP contribution in [0.5, 0.6) is 0 Å². The van der Waals surface area contributed by atoms with E-state index in [1.165, 1.54) is 11.1 Å². The molecule has 0 radical (unpaired) electrons. The number of rotatable bonds is 2. The van der Waals surface area contributed by atoms with Gasteiger partial charge in [-0.15, -0.1) is 0 Å². The molecule has 0 spiro atoms. The number of benzene rings is 1. The second-order valence-corrected chi connectivity index (χ2v) is 5.07. The third-order valence-electron chi connectivity index (χ3n) is 3.32. The number of nitrogens with zero attached hydrogens (tertiary/aromatic N) is 1. The summed E-state index contributed by atoms with van der Waals surface area (Å²) in [5.74, 6) is 0.164. The molecule has 1 atom stereocenters. The van der Waals surface area contributed by atoms with E-state index in [4.69, 9.17) is 0 Å². The summed E-state index contributed by atoms with van der Waals surface area (Å²) < 4.78 is 0. The second kappa shape index (κ2) is 4.00. The maximum Gasteiger partial charge on any atom is 0.255 e. The molecule has 2 aromatic rings. The number of hydrogen-bond acceptors (Lipinski definition) is 2. The van der Waals surface area contributed by atoms with Gasteiger partial charge in [0.25, 0.3) is 5.91 Å². The van der Waals surface area contributed by atoms with Gasteiger partial charge < -0.3 is 4.90 Å². The molecule has 2 heterocycles. The Balaban J connectivity index is 1.88. The van der Waals surface area contributed by atoms with Gasteiger partial charge in [-0.2, -0.15) is 11.3 Å². The largest absolute Gasteiger partial charge is 0.327 e. The lowest BCUT2D eigenvalue weighted by molar-refractivity contribution is 0.0716. The molecule has 2 nitrogen and oxygen atoms in total. The summed E-state index contributed by atoms with van der Waals surface area (Å²) in [6.07, 6.45) is 0. The van der Waals surface area contributed by atoms with Crippen LogP contribution in [0.4, 0.5) is 0 Å². The lowest BCUT2D eigenvalue weighted by atomic mass is 10.1. The van der Waals surface area contributed by atoms with Crippen LogP contribution in [0.2, 0.25) is 0 Å². The van der Waals surface area contributed by atoms with Crippen molar-refractivity contribution in [1.82, 2.24) is 4.90 Å². The number of carbonyl (C=O) groups excluding carboxylic acids is 1. The predicted molar refractivity (Wildman–Crippen MR) is 69.0 cm³/mol. The number of hydrogen-bond donors (Lipinski definition) is 0. The van der Waals surface area contributed by atoms with Crippen molar-refractivity contribution >= 4 is 17.2 Å². The monoisotopic (exact) mass is 243 g/mol. The van der Waals surface area contributed by atoms with Crippen molar-refractivity contribution in [3.63, 3.8) is 0 Å². The van der Waals surface area contributed by atoms with Crippen LogP contribution in [0.3, 0.4) is 0 Å². The minimum absolute atomic E-state index is 0.140. The Kier molecular flexibility index (Phi) is 2.48. The fraction of sp³-hybridized carbons (Fsp3) is 0.214. The number of amides is 1. The molecule has 3 heteroatoms. The van der Waals surface area contributed by atoms with Crippen LogP contribution >= 0.6 is 11.3 Å². The first-order valence-corrected chi connectivity index (χ1v) is 6.62. The SMILES string of the molecule is CC(c1ccccc1)N1Cc2cscc2C1=O. The lowest BCUT2D eigenvalue weighted by Gasteiger charge is -2.24. The summed E-state index contributed by atoms with van der Waals surface area (Å²) in [6.45, 7) is 2.83. The topological polar surface area (TPSA) is 20.3 Å². The average molecular weight is 243 g/mol. The number of carbonyl (C=O) groups is 1. The first-order valence-electron chi connectivity index (χ1n) is 5.68. The van der Waals surface area contributed by atoms with Gasteiger partial charge in [-0.05, 0) is 23.4 Å². The fourth-order valence-corrected chi connectivity index (χ4v) is 3.09. The van der Waals surface area contributed by atoms with E-state index in [-0.39, 0.29) is 11.9 Å². The highest BCUT2D eigenvalue weighted by atomic mass is 32.1. The van der Waals surface area contributed by atoms with Crippen molar-refractivity contribution in [2.45, 2.75) is 19.5 Å². The van der Waals surface area contributed by atoms with Gasteiger partial charge in [-0.25, -0.2) is 0 Å². The van der Waals surface area contributed by atoms with E-state index >= 15 is 0 Å². The molecule has 0 aliphatic carbocycles. The molecule has 1 aliphatic rings. The summed E-state index contributed by atoms with van der Waals surface area (Å²) in [4.78, 5) is 14.1. The van der Waals surface area contributed by atoms with Crippen LogP contribution < -0.4 is 0 Å². The Morgan fingerprint density at radius 3 is 2.71 bits per heavy atom. The van der Waals surface area contributed by atoms with Gasteiger partial charge in [0.1, 0.15) is 0 Å². The van der Waals surface area contributed by atoms with Crippen LogP contribution in [-0.4, -0.2) is 10.8 Å². The maximum atomic E-state index is 12.2. The summed E-state index contributed by atoms with van der Waals surface area (Å²) in [5.41, 5.74) is 3.25. The first-order chi connectivity index (χ1) is 8.27. The zero-order valence-corrected chi connectivity index (χ0v) is 10.4. The van der Waals surface area contributed by atoms with Crippen molar-refractivity contribution in [2.24, 2.45) is 0 Å². The summed E-state index contributed by atoms with van der Waals surface area (Å²) >= 11 is 1.61. The zero-order valence-electron chi connectivity index (χ0n) is 9.59. The first kappa shape index (κ1) is 10.5. The zero-order chi connectivity index (χ0) is 11.8.